The van der Waals surface area contributed by atoms with Gasteiger partial charge in [0.15, 0.2) is 5.65 Å². The second-order valence-electron chi connectivity index (χ2n) is 6.86. The Morgan fingerprint density at radius 3 is 2.57 bits per heavy atom. The fourth-order valence-corrected chi connectivity index (χ4v) is 4.27. The highest BCUT2D eigenvalue weighted by Crippen LogP contribution is 2.26. The molecule has 0 radical (unpaired) electrons. The fourth-order valence-electron chi connectivity index (χ4n) is 3.61. The van der Waals surface area contributed by atoms with E-state index in [2.05, 4.69) is 41.7 Å². The zero-order chi connectivity index (χ0) is 18.9. The Labute approximate surface area is 165 Å². The molecule has 8 heteroatoms. The Balaban J connectivity index is 1.37. The van der Waals surface area contributed by atoms with Crippen molar-refractivity contribution in [1.82, 2.24) is 24.6 Å². The van der Waals surface area contributed by atoms with E-state index in [1.165, 1.54) is 17.7 Å². The molecule has 6 nitrogen and oxygen atoms in total. The molecule has 0 amide bonds. The first-order chi connectivity index (χ1) is 13.8. The molecule has 0 aliphatic carbocycles. The lowest BCUT2D eigenvalue weighted by Gasteiger charge is -2.35. The monoisotopic (exact) mass is 394 g/mol. The summed E-state index contributed by atoms with van der Waals surface area (Å²) in [6.45, 7) is 4.82. The van der Waals surface area contributed by atoms with Gasteiger partial charge in [0.25, 0.3) is 0 Å². The smallest absolute Gasteiger partial charge is 0.168 e. The predicted octanol–water partition coefficient (Wildman–Crippen LogP) is 3.34. The van der Waals surface area contributed by atoms with Crippen LogP contribution >= 0.6 is 11.3 Å². The average molecular weight is 394 g/mol. The van der Waals surface area contributed by atoms with Crippen LogP contribution in [0.1, 0.15) is 5.56 Å². The first-order valence-electron chi connectivity index (χ1n) is 9.21. The van der Waals surface area contributed by atoms with Gasteiger partial charge < -0.3 is 4.90 Å². The highest BCUT2D eigenvalue weighted by molar-refractivity contribution is 7.07. The zero-order valence-corrected chi connectivity index (χ0v) is 16.0. The van der Waals surface area contributed by atoms with E-state index < -0.39 is 0 Å². The third-order valence-corrected chi connectivity index (χ3v) is 5.81. The van der Waals surface area contributed by atoms with Crippen molar-refractivity contribution in [3.8, 4) is 5.69 Å². The Morgan fingerprint density at radius 2 is 1.82 bits per heavy atom. The number of fused-ring (bicyclic) bond motifs is 1. The van der Waals surface area contributed by atoms with E-state index in [0.717, 1.165) is 55.3 Å². The van der Waals surface area contributed by atoms with Gasteiger partial charge in [-0.25, -0.2) is 19.0 Å². The minimum atomic E-state index is -0.268. The van der Waals surface area contributed by atoms with Crippen molar-refractivity contribution >= 4 is 28.2 Å². The number of benzene rings is 1. The van der Waals surface area contributed by atoms with Gasteiger partial charge in [-0.1, -0.05) is 0 Å². The van der Waals surface area contributed by atoms with E-state index in [-0.39, 0.29) is 5.82 Å². The van der Waals surface area contributed by atoms with Gasteiger partial charge in [0.05, 0.1) is 17.3 Å². The van der Waals surface area contributed by atoms with Crippen molar-refractivity contribution < 1.29 is 4.39 Å². The summed E-state index contributed by atoms with van der Waals surface area (Å²) in [5, 5.41) is 9.73. The van der Waals surface area contributed by atoms with Crippen LogP contribution in [0.15, 0.2) is 53.6 Å². The van der Waals surface area contributed by atoms with Gasteiger partial charge in [-0.15, -0.1) is 0 Å². The number of anilines is 1. The molecule has 0 unspecified atom stereocenters. The number of nitrogens with zero attached hydrogens (tertiary/aromatic N) is 6. The van der Waals surface area contributed by atoms with Gasteiger partial charge >= 0.3 is 0 Å². The van der Waals surface area contributed by atoms with Crippen LogP contribution in [-0.2, 0) is 6.54 Å². The van der Waals surface area contributed by atoms with Gasteiger partial charge in [-0.05, 0) is 46.7 Å². The van der Waals surface area contributed by atoms with E-state index >= 15 is 0 Å². The third kappa shape index (κ3) is 3.25. The number of thiophene rings is 1. The zero-order valence-electron chi connectivity index (χ0n) is 15.2. The molecule has 1 saturated heterocycles. The predicted molar refractivity (Wildman–Crippen MR) is 108 cm³/mol. The summed E-state index contributed by atoms with van der Waals surface area (Å²) in [6.07, 6.45) is 3.38. The van der Waals surface area contributed by atoms with Gasteiger partial charge in [0, 0.05) is 32.7 Å². The molecule has 1 fully saturated rings. The first kappa shape index (κ1) is 17.3. The van der Waals surface area contributed by atoms with Crippen LogP contribution in [0.3, 0.4) is 0 Å². The van der Waals surface area contributed by atoms with Crippen LogP contribution in [0, 0.1) is 5.82 Å². The van der Waals surface area contributed by atoms with Crippen LogP contribution in [0.5, 0.6) is 0 Å². The number of aromatic nitrogens is 4. The molecule has 0 saturated carbocycles. The summed E-state index contributed by atoms with van der Waals surface area (Å²) in [5.41, 5.74) is 2.89. The molecule has 5 rings (SSSR count). The molecular formula is C20H19FN6S. The molecule has 0 atom stereocenters. The number of halogens is 1. The van der Waals surface area contributed by atoms with Gasteiger partial charge in [0.1, 0.15) is 18.0 Å². The number of rotatable bonds is 4. The van der Waals surface area contributed by atoms with Crippen molar-refractivity contribution in [2.75, 3.05) is 31.1 Å². The van der Waals surface area contributed by atoms with Crippen molar-refractivity contribution in [2.24, 2.45) is 0 Å². The molecule has 28 heavy (non-hydrogen) atoms. The van der Waals surface area contributed by atoms with Crippen LogP contribution in [0.25, 0.3) is 16.7 Å². The number of hydrogen-bond acceptors (Lipinski definition) is 6. The van der Waals surface area contributed by atoms with Crippen LogP contribution in [0.2, 0.25) is 0 Å². The molecule has 0 spiro atoms. The highest BCUT2D eigenvalue weighted by Gasteiger charge is 2.21. The minimum Gasteiger partial charge on any atom is -0.353 e. The number of hydrogen-bond donors (Lipinski definition) is 0. The average Bonchev–Trinajstić information content (AvgIpc) is 3.39. The molecule has 0 bridgehead atoms. The maximum atomic E-state index is 13.2. The minimum absolute atomic E-state index is 0.268. The summed E-state index contributed by atoms with van der Waals surface area (Å²) >= 11 is 1.74. The van der Waals surface area contributed by atoms with Crippen molar-refractivity contribution in [1.29, 1.82) is 0 Å². The first-order valence-corrected chi connectivity index (χ1v) is 10.2. The molecule has 4 heterocycles. The maximum Gasteiger partial charge on any atom is 0.168 e. The van der Waals surface area contributed by atoms with E-state index in [1.54, 1.807) is 40.7 Å². The second-order valence-corrected chi connectivity index (χ2v) is 7.64. The lowest BCUT2D eigenvalue weighted by molar-refractivity contribution is 0.250. The SMILES string of the molecule is Fc1ccc(-n2ncc3c(N4CCN(Cc5ccsc5)CC4)ncnc32)cc1. The quantitative estimate of drug-likeness (QED) is 0.531. The van der Waals surface area contributed by atoms with Gasteiger partial charge in [-0.3, -0.25) is 4.90 Å². The molecule has 0 N–H and O–H groups in total. The normalized spacial score (nSPS) is 15.4. The lowest BCUT2D eigenvalue weighted by Crippen LogP contribution is -2.46. The third-order valence-electron chi connectivity index (χ3n) is 5.07. The molecular weight excluding hydrogens is 375 g/mol. The molecule has 3 aromatic heterocycles. The Kier molecular flexibility index (Phi) is 4.50. The van der Waals surface area contributed by atoms with E-state index in [4.69, 9.17) is 0 Å². The topological polar surface area (TPSA) is 50.1 Å². The molecule has 1 aliphatic heterocycles. The second kappa shape index (κ2) is 7.29. The van der Waals surface area contributed by atoms with Crippen LogP contribution in [-0.4, -0.2) is 50.8 Å². The summed E-state index contributed by atoms with van der Waals surface area (Å²) in [5.74, 6) is 0.643. The van der Waals surface area contributed by atoms with Crippen molar-refractivity contribution in [3.05, 3.63) is 65.0 Å². The Bertz CT molecular complexity index is 1070. The highest BCUT2D eigenvalue weighted by atomic mass is 32.1. The van der Waals surface area contributed by atoms with E-state index in [0.29, 0.717) is 0 Å². The van der Waals surface area contributed by atoms with Crippen molar-refractivity contribution in [3.63, 3.8) is 0 Å². The van der Waals surface area contributed by atoms with Crippen LogP contribution in [0.4, 0.5) is 10.2 Å². The fraction of sp³-hybridized carbons (Fsp3) is 0.250. The van der Waals surface area contributed by atoms with E-state index in [1.807, 2.05) is 0 Å². The Hall–Kier alpha value is -2.84. The summed E-state index contributed by atoms with van der Waals surface area (Å²) in [6, 6.07) is 8.45. The summed E-state index contributed by atoms with van der Waals surface area (Å²) in [4.78, 5) is 13.7. The standard InChI is InChI=1S/C20H19FN6S/c21-16-1-3-17(4-2-16)27-20-18(11-24-27)19(22-14-23-20)26-8-6-25(7-9-26)12-15-5-10-28-13-15/h1-5,10-11,13-14H,6-9,12H2. The molecule has 4 aromatic rings. The molecule has 142 valence electrons. The molecule has 1 aromatic carbocycles. The maximum absolute atomic E-state index is 13.2. The van der Waals surface area contributed by atoms with Gasteiger partial charge in [-0.2, -0.15) is 16.4 Å². The Morgan fingerprint density at radius 1 is 1.00 bits per heavy atom. The summed E-state index contributed by atoms with van der Waals surface area (Å²) in [7, 11) is 0. The van der Waals surface area contributed by atoms with E-state index in [9.17, 15) is 4.39 Å². The lowest BCUT2D eigenvalue weighted by atomic mass is 10.2. The summed E-state index contributed by atoms with van der Waals surface area (Å²) < 4.78 is 15.0. The van der Waals surface area contributed by atoms with Crippen molar-refractivity contribution in [2.45, 2.75) is 6.54 Å². The largest absolute Gasteiger partial charge is 0.353 e. The molecule has 1 aliphatic rings. The number of piperazine rings is 1. The van der Waals surface area contributed by atoms with Crippen LogP contribution < -0.4 is 4.90 Å². The van der Waals surface area contributed by atoms with Gasteiger partial charge in [0.2, 0.25) is 0 Å².